The van der Waals surface area contributed by atoms with E-state index < -0.39 is 0 Å². The lowest BCUT2D eigenvalue weighted by Crippen LogP contribution is -2.38. The van der Waals surface area contributed by atoms with Gasteiger partial charge in [0.15, 0.2) is 5.11 Å². The fourth-order valence-electron chi connectivity index (χ4n) is 6.32. The van der Waals surface area contributed by atoms with Crippen LogP contribution in [-0.2, 0) is 0 Å². The van der Waals surface area contributed by atoms with Crippen molar-refractivity contribution in [1.29, 1.82) is 0 Å². The van der Waals surface area contributed by atoms with Gasteiger partial charge in [-0.1, -0.05) is 31.5 Å². The second kappa shape index (κ2) is 10.6. The maximum Gasteiger partial charge on any atom is 0.174 e. The summed E-state index contributed by atoms with van der Waals surface area (Å²) in [5, 5.41) is 4.97. The summed E-state index contributed by atoms with van der Waals surface area (Å²) in [5.41, 5.74) is 6.21. The van der Waals surface area contributed by atoms with Crippen LogP contribution in [0.3, 0.4) is 0 Å². The van der Waals surface area contributed by atoms with Crippen LogP contribution in [0.5, 0.6) is 0 Å². The van der Waals surface area contributed by atoms with E-state index in [-0.39, 0.29) is 12.1 Å². The third kappa shape index (κ3) is 4.90. The van der Waals surface area contributed by atoms with Crippen molar-refractivity contribution in [1.82, 2.24) is 19.9 Å². The van der Waals surface area contributed by atoms with E-state index in [4.69, 9.17) is 28.8 Å². The first-order valence-corrected chi connectivity index (χ1v) is 14.3. The van der Waals surface area contributed by atoms with Crippen LogP contribution in [0.4, 0.5) is 11.4 Å². The van der Waals surface area contributed by atoms with E-state index in [1.54, 1.807) is 6.20 Å². The maximum atomic E-state index is 7.00. The highest BCUT2D eigenvalue weighted by Crippen LogP contribution is 2.44. The number of hydrogen-bond acceptors (Lipinski definition) is 4. The molecule has 4 atom stereocenters. The molecular weight excluding hydrogens is 524 g/mol. The molecule has 0 bridgehead atoms. The van der Waals surface area contributed by atoms with Crippen molar-refractivity contribution in [3.05, 3.63) is 101 Å². The predicted molar refractivity (Wildman–Crippen MR) is 163 cm³/mol. The number of benzene rings is 1. The molecular formula is C31H33ClN6S. The van der Waals surface area contributed by atoms with Crippen molar-refractivity contribution in [3.63, 3.8) is 0 Å². The average Bonchev–Trinajstić information content (AvgIpc) is 3.48. The number of hydrogen-bond donors (Lipinski definition) is 1. The zero-order valence-corrected chi connectivity index (χ0v) is 24.0. The number of aryl methyl sites for hydroxylation is 1. The lowest BCUT2D eigenvalue weighted by molar-refractivity contribution is 0.357. The molecule has 2 saturated heterocycles. The highest BCUT2D eigenvalue weighted by atomic mass is 35.5. The van der Waals surface area contributed by atoms with Crippen LogP contribution in [0.1, 0.15) is 49.4 Å². The molecule has 0 spiro atoms. The number of piperidine rings is 1. The number of nitrogens with one attached hydrogen (secondary N) is 1. The molecule has 4 aromatic rings. The summed E-state index contributed by atoms with van der Waals surface area (Å²) < 4.78 is 2.25. The minimum atomic E-state index is -0.154. The molecule has 0 amide bonds. The molecule has 2 aliphatic rings. The number of thiocarbonyl (C=S) groups is 1. The van der Waals surface area contributed by atoms with E-state index >= 15 is 0 Å². The normalized spacial score (nSPS) is 23.2. The molecule has 1 N–H and O–H groups in total. The highest BCUT2D eigenvalue weighted by Gasteiger charge is 2.42. The van der Waals surface area contributed by atoms with Crippen LogP contribution in [0.2, 0.25) is 5.02 Å². The first-order valence-electron chi connectivity index (χ1n) is 13.5. The van der Waals surface area contributed by atoms with E-state index in [9.17, 15) is 0 Å². The van der Waals surface area contributed by atoms with Crippen LogP contribution in [0, 0.1) is 18.8 Å². The molecule has 6 rings (SSSR count). The lowest BCUT2D eigenvalue weighted by atomic mass is 9.91. The highest BCUT2D eigenvalue weighted by molar-refractivity contribution is 7.80. The molecule has 5 heterocycles. The molecule has 0 saturated carbocycles. The summed E-state index contributed by atoms with van der Waals surface area (Å²) >= 11 is 13.0. The fraction of sp³-hybridized carbons (Fsp3) is 0.323. The molecule has 0 radical (unpaired) electrons. The number of nitrogens with zero attached hydrogens (tertiary/aromatic N) is 5. The number of pyridine rings is 2. The molecule has 4 unspecified atom stereocenters. The Morgan fingerprint density at radius 2 is 1.77 bits per heavy atom. The summed E-state index contributed by atoms with van der Waals surface area (Å²) in [6.07, 6.45) is 6.78. The molecule has 1 aromatic carbocycles. The van der Waals surface area contributed by atoms with Crippen molar-refractivity contribution >= 4 is 40.3 Å². The van der Waals surface area contributed by atoms with Crippen LogP contribution in [0.15, 0.2) is 79.3 Å². The van der Waals surface area contributed by atoms with Gasteiger partial charge in [-0.3, -0.25) is 9.97 Å². The average molecular weight is 557 g/mol. The molecule has 8 heteroatoms. The SMILES string of the molecule is Cc1ccc(C2C(c3ccccn3)NC(=S)N2c2ccc(N3CC(C)CC(C)C3)c(Cl)c2)n1-c1cccnc1. The Morgan fingerprint density at radius 3 is 2.46 bits per heavy atom. The Kier molecular flexibility index (Phi) is 7.04. The summed E-state index contributed by atoms with van der Waals surface area (Å²) in [7, 11) is 0. The minimum Gasteiger partial charge on any atom is -0.370 e. The van der Waals surface area contributed by atoms with Crippen LogP contribution in [0.25, 0.3) is 5.69 Å². The molecule has 39 heavy (non-hydrogen) atoms. The van der Waals surface area contributed by atoms with Gasteiger partial charge in [0.25, 0.3) is 0 Å². The first kappa shape index (κ1) is 25.8. The standard InChI is InChI=1S/C31H33ClN6S/c1-20-15-21(2)19-36(18-20)27-12-10-23(16-25(27)32)38-30(29(35-31(38)39)26-8-4-5-14-34-26)28-11-9-22(3)37(28)24-7-6-13-33-17-24/h4-14,16-17,20-21,29-30H,15,18-19H2,1-3H3,(H,35,39). The van der Waals surface area contributed by atoms with Crippen LogP contribution < -0.4 is 15.1 Å². The summed E-state index contributed by atoms with van der Waals surface area (Å²) in [6.45, 7) is 8.80. The fourth-order valence-corrected chi connectivity index (χ4v) is 6.96. The maximum absolute atomic E-state index is 7.00. The largest absolute Gasteiger partial charge is 0.370 e. The summed E-state index contributed by atoms with van der Waals surface area (Å²) in [6, 6.07) is 20.4. The van der Waals surface area contributed by atoms with Gasteiger partial charge in [-0.15, -0.1) is 0 Å². The van der Waals surface area contributed by atoms with Gasteiger partial charge in [-0.2, -0.15) is 0 Å². The molecule has 2 aliphatic heterocycles. The van der Waals surface area contributed by atoms with E-state index in [0.717, 1.165) is 52.3 Å². The third-order valence-electron chi connectivity index (χ3n) is 7.83. The van der Waals surface area contributed by atoms with Crippen molar-refractivity contribution in [2.24, 2.45) is 11.8 Å². The van der Waals surface area contributed by atoms with Crippen LogP contribution in [-0.4, -0.2) is 32.7 Å². The number of anilines is 2. The quantitative estimate of drug-likeness (QED) is 0.270. The van der Waals surface area contributed by atoms with Gasteiger partial charge >= 0.3 is 0 Å². The molecule has 3 aromatic heterocycles. The Morgan fingerprint density at radius 1 is 0.949 bits per heavy atom. The van der Waals surface area contributed by atoms with Gasteiger partial charge in [0.2, 0.25) is 0 Å². The summed E-state index contributed by atoms with van der Waals surface area (Å²) in [4.78, 5) is 13.7. The van der Waals surface area contributed by atoms with Crippen molar-refractivity contribution in [2.45, 2.75) is 39.3 Å². The van der Waals surface area contributed by atoms with Gasteiger partial charge in [0.05, 0.1) is 34.3 Å². The van der Waals surface area contributed by atoms with Crippen molar-refractivity contribution in [2.75, 3.05) is 22.9 Å². The Labute approximate surface area is 240 Å². The Balaban J connectivity index is 1.44. The van der Waals surface area contributed by atoms with E-state index in [1.807, 2.05) is 30.6 Å². The van der Waals surface area contributed by atoms with Crippen molar-refractivity contribution < 1.29 is 0 Å². The number of rotatable bonds is 5. The van der Waals surface area contributed by atoms with E-state index in [1.165, 1.54) is 6.42 Å². The first-order chi connectivity index (χ1) is 18.9. The molecule has 2 fully saturated rings. The number of halogens is 1. The second-order valence-electron chi connectivity index (χ2n) is 10.9. The van der Waals surface area contributed by atoms with Crippen LogP contribution >= 0.6 is 23.8 Å². The Bertz CT molecular complexity index is 1460. The van der Waals surface area contributed by atoms with Gasteiger partial charge in [-0.05, 0) is 92.0 Å². The van der Waals surface area contributed by atoms with E-state index in [0.29, 0.717) is 16.9 Å². The molecule has 200 valence electrons. The molecule has 6 nitrogen and oxygen atoms in total. The van der Waals surface area contributed by atoms with Gasteiger partial charge in [-0.25, -0.2) is 0 Å². The Hall–Kier alpha value is -3.42. The second-order valence-corrected chi connectivity index (χ2v) is 11.7. The number of aromatic nitrogens is 3. The zero-order chi connectivity index (χ0) is 27.1. The van der Waals surface area contributed by atoms with Gasteiger partial charge in [0.1, 0.15) is 6.04 Å². The lowest BCUT2D eigenvalue weighted by Gasteiger charge is -2.37. The van der Waals surface area contributed by atoms with Crippen molar-refractivity contribution in [3.8, 4) is 5.69 Å². The van der Waals surface area contributed by atoms with Gasteiger partial charge in [0, 0.05) is 42.6 Å². The van der Waals surface area contributed by atoms with E-state index in [2.05, 4.69) is 87.9 Å². The smallest absolute Gasteiger partial charge is 0.174 e. The zero-order valence-electron chi connectivity index (χ0n) is 22.5. The topological polar surface area (TPSA) is 49.2 Å². The summed E-state index contributed by atoms with van der Waals surface area (Å²) in [5.74, 6) is 1.29. The minimum absolute atomic E-state index is 0.148. The van der Waals surface area contributed by atoms with Gasteiger partial charge < -0.3 is 19.7 Å². The third-order valence-corrected chi connectivity index (χ3v) is 8.45. The monoisotopic (exact) mass is 556 g/mol. The molecule has 0 aliphatic carbocycles. The predicted octanol–water partition coefficient (Wildman–Crippen LogP) is 6.89.